The van der Waals surface area contributed by atoms with E-state index in [4.69, 9.17) is 0 Å². The van der Waals surface area contributed by atoms with Gasteiger partial charge >= 0.3 is 12.0 Å². The Morgan fingerprint density at radius 2 is 1.50 bits per heavy atom. The number of hydrogen-bond acceptors (Lipinski definition) is 5. The number of nitrogens with one attached hydrogen (secondary N) is 2. The number of anilines is 2. The van der Waals surface area contributed by atoms with E-state index in [2.05, 4.69) is 25.3 Å². The van der Waals surface area contributed by atoms with E-state index in [1.54, 1.807) is 54.9 Å². The van der Waals surface area contributed by atoms with Crippen LogP contribution in [0, 0.1) is 0 Å². The van der Waals surface area contributed by atoms with Gasteiger partial charge < -0.3 is 15.4 Å². The van der Waals surface area contributed by atoms with E-state index in [0.717, 1.165) is 5.52 Å². The van der Waals surface area contributed by atoms with Crippen LogP contribution in [0.2, 0.25) is 0 Å². The van der Waals surface area contributed by atoms with Crippen molar-refractivity contribution in [1.29, 1.82) is 0 Å². The van der Waals surface area contributed by atoms with E-state index in [9.17, 15) is 9.59 Å². The Bertz CT molecular complexity index is 894. The number of carbonyl (C=O) groups is 2. The zero-order valence-corrected chi connectivity index (χ0v) is 12.8. The highest BCUT2D eigenvalue weighted by atomic mass is 16.5. The number of hydrogen-bond donors (Lipinski definition) is 2. The molecule has 0 unspecified atom stereocenters. The summed E-state index contributed by atoms with van der Waals surface area (Å²) in [6.07, 6.45) is 3.20. The number of fused-ring (bicyclic) bond motifs is 1. The van der Waals surface area contributed by atoms with Crippen LogP contribution in [0.1, 0.15) is 10.4 Å². The normalized spacial score (nSPS) is 10.2. The first kappa shape index (κ1) is 15.4. The summed E-state index contributed by atoms with van der Waals surface area (Å²) < 4.78 is 4.62. The number of amides is 2. The Morgan fingerprint density at radius 3 is 2.21 bits per heavy atom. The lowest BCUT2D eigenvalue weighted by Crippen LogP contribution is -2.19. The van der Waals surface area contributed by atoms with Crippen molar-refractivity contribution < 1.29 is 14.3 Å². The highest BCUT2D eigenvalue weighted by Crippen LogP contribution is 2.16. The van der Waals surface area contributed by atoms with Gasteiger partial charge in [0, 0.05) is 23.8 Å². The monoisotopic (exact) mass is 322 g/mol. The number of ether oxygens (including phenoxy) is 1. The second-order valence-electron chi connectivity index (χ2n) is 4.91. The molecule has 3 rings (SSSR count). The summed E-state index contributed by atoms with van der Waals surface area (Å²) in [5.41, 5.74) is 3.02. The van der Waals surface area contributed by atoms with E-state index < -0.39 is 12.0 Å². The average Bonchev–Trinajstić information content (AvgIpc) is 2.61. The second-order valence-corrected chi connectivity index (χ2v) is 4.91. The molecule has 0 aliphatic carbocycles. The molecule has 1 heterocycles. The first-order valence-electron chi connectivity index (χ1n) is 7.13. The highest BCUT2D eigenvalue weighted by molar-refractivity contribution is 6.01. The Labute approximate surface area is 137 Å². The van der Waals surface area contributed by atoms with Crippen LogP contribution in [0.3, 0.4) is 0 Å². The van der Waals surface area contributed by atoms with Crippen LogP contribution >= 0.6 is 0 Å². The molecule has 1 aromatic heterocycles. The minimum atomic E-state index is -0.428. The maximum absolute atomic E-state index is 12.0. The maximum atomic E-state index is 12.0. The molecule has 2 amide bonds. The Hall–Kier alpha value is -3.48. The third-order valence-corrected chi connectivity index (χ3v) is 3.29. The summed E-state index contributed by atoms with van der Waals surface area (Å²) in [5, 5.41) is 5.41. The first-order valence-corrected chi connectivity index (χ1v) is 7.13. The molecule has 0 radical (unpaired) electrons. The number of benzene rings is 2. The van der Waals surface area contributed by atoms with Crippen molar-refractivity contribution >= 4 is 34.4 Å². The van der Waals surface area contributed by atoms with E-state index in [1.165, 1.54) is 7.11 Å². The van der Waals surface area contributed by atoms with Crippen molar-refractivity contribution in [2.75, 3.05) is 17.7 Å². The van der Waals surface area contributed by atoms with Gasteiger partial charge in [-0.2, -0.15) is 0 Å². The van der Waals surface area contributed by atoms with Gasteiger partial charge in [0.15, 0.2) is 0 Å². The molecule has 0 aliphatic heterocycles. The van der Waals surface area contributed by atoms with Gasteiger partial charge in [0.1, 0.15) is 0 Å². The lowest BCUT2D eigenvalue weighted by molar-refractivity contribution is 0.0601. The second kappa shape index (κ2) is 6.74. The molecule has 120 valence electrons. The lowest BCUT2D eigenvalue weighted by atomic mass is 10.2. The fourth-order valence-electron chi connectivity index (χ4n) is 2.14. The van der Waals surface area contributed by atoms with Gasteiger partial charge in [0.2, 0.25) is 0 Å². The van der Waals surface area contributed by atoms with Gasteiger partial charge in [0.25, 0.3) is 0 Å². The van der Waals surface area contributed by atoms with Crippen LogP contribution < -0.4 is 10.6 Å². The summed E-state index contributed by atoms with van der Waals surface area (Å²) in [6.45, 7) is 0. The summed E-state index contributed by atoms with van der Waals surface area (Å²) in [4.78, 5) is 31.8. The molecule has 0 spiro atoms. The maximum Gasteiger partial charge on any atom is 0.337 e. The standard InChI is InChI=1S/C17H14N4O3/c1-24-16(22)11-2-4-12(5-3-11)20-17(23)21-13-6-7-14-15(10-13)19-9-8-18-14/h2-10H,1H3,(H2,20,21,23). The smallest absolute Gasteiger partial charge is 0.337 e. The molecule has 2 aromatic carbocycles. The van der Waals surface area contributed by atoms with Crippen molar-refractivity contribution in [1.82, 2.24) is 9.97 Å². The minimum Gasteiger partial charge on any atom is -0.465 e. The van der Waals surface area contributed by atoms with Crippen LogP contribution in [-0.4, -0.2) is 29.1 Å². The Kier molecular flexibility index (Phi) is 4.33. The number of urea groups is 1. The van der Waals surface area contributed by atoms with Gasteiger partial charge in [-0.15, -0.1) is 0 Å². The Morgan fingerprint density at radius 1 is 0.875 bits per heavy atom. The van der Waals surface area contributed by atoms with Gasteiger partial charge in [-0.3, -0.25) is 9.97 Å². The molecule has 24 heavy (non-hydrogen) atoms. The van der Waals surface area contributed by atoms with Crippen LogP contribution in [-0.2, 0) is 4.74 Å². The van der Waals surface area contributed by atoms with Crippen molar-refractivity contribution in [3.8, 4) is 0 Å². The zero-order valence-electron chi connectivity index (χ0n) is 12.8. The largest absolute Gasteiger partial charge is 0.465 e. The highest BCUT2D eigenvalue weighted by Gasteiger charge is 2.07. The Balaban J connectivity index is 1.67. The molecule has 3 aromatic rings. The summed E-state index contributed by atoms with van der Waals surface area (Å²) >= 11 is 0. The summed E-state index contributed by atoms with van der Waals surface area (Å²) in [5.74, 6) is -0.428. The topological polar surface area (TPSA) is 93.2 Å². The minimum absolute atomic E-state index is 0.399. The third kappa shape index (κ3) is 3.46. The average molecular weight is 322 g/mol. The fraction of sp³-hybridized carbons (Fsp3) is 0.0588. The van der Waals surface area contributed by atoms with Crippen LogP contribution in [0.25, 0.3) is 11.0 Å². The molecule has 0 atom stereocenters. The van der Waals surface area contributed by atoms with Gasteiger partial charge in [-0.1, -0.05) is 0 Å². The summed E-state index contributed by atoms with van der Waals surface area (Å²) in [7, 11) is 1.32. The molecule has 7 nitrogen and oxygen atoms in total. The quantitative estimate of drug-likeness (QED) is 0.723. The number of nitrogens with zero attached hydrogens (tertiary/aromatic N) is 2. The van der Waals surface area contributed by atoms with E-state index in [0.29, 0.717) is 22.5 Å². The van der Waals surface area contributed by atoms with Gasteiger partial charge in [-0.05, 0) is 42.5 Å². The molecule has 0 aliphatic rings. The number of rotatable bonds is 3. The predicted octanol–water partition coefficient (Wildman–Crippen LogP) is 3.06. The number of methoxy groups -OCH3 is 1. The van der Waals surface area contributed by atoms with E-state index in [-0.39, 0.29) is 0 Å². The van der Waals surface area contributed by atoms with Crippen molar-refractivity contribution in [3.63, 3.8) is 0 Å². The summed E-state index contributed by atoms with van der Waals surface area (Å²) in [6, 6.07) is 11.3. The third-order valence-electron chi connectivity index (χ3n) is 3.29. The predicted molar refractivity (Wildman–Crippen MR) is 90.0 cm³/mol. The van der Waals surface area contributed by atoms with Crippen LogP contribution in [0.4, 0.5) is 16.2 Å². The fourth-order valence-corrected chi connectivity index (χ4v) is 2.14. The SMILES string of the molecule is COC(=O)c1ccc(NC(=O)Nc2ccc3nccnc3c2)cc1. The molecule has 7 heteroatoms. The van der Waals surface area contributed by atoms with Crippen molar-refractivity contribution in [3.05, 3.63) is 60.4 Å². The van der Waals surface area contributed by atoms with E-state index >= 15 is 0 Å². The molecule has 0 bridgehead atoms. The zero-order chi connectivity index (χ0) is 16.9. The molecule has 2 N–H and O–H groups in total. The first-order chi connectivity index (χ1) is 11.7. The number of carbonyl (C=O) groups excluding carboxylic acids is 2. The molecular formula is C17H14N4O3. The van der Waals surface area contributed by atoms with Crippen molar-refractivity contribution in [2.45, 2.75) is 0 Å². The van der Waals surface area contributed by atoms with Crippen LogP contribution in [0.5, 0.6) is 0 Å². The van der Waals surface area contributed by atoms with Crippen molar-refractivity contribution in [2.24, 2.45) is 0 Å². The van der Waals surface area contributed by atoms with Crippen LogP contribution in [0.15, 0.2) is 54.9 Å². The molecular weight excluding hydrogens is 308 g/mol. The number of aromatic nitrogens is 2. The van der Waals surface area contributed by atoms with E-state index in [1.807, 2.05) is 0 Å². The molecule has 0 saturated carbocycles. The van der Waals surface area contributed by atoms with Gasteiger partial charge in [-0.25, -0.2) is 9.59 Å². The molecule has 0 saturated heterocycles. The number of esters is 1. The van der Waals surface area contributed by atoms with Gasteiger partial charge in [0.05, 0.1) is 23.7 Å². The lowest BCUT2D eigenvalue weighted by Gasteiger charge is -2.08. The molecule has 0 fully saturated rings.